The van der Waals surface area contributed by atoms with Crippen molar-refractivity contribution in [2.45, 2.75) is 59.5 Å². The van der Waals surface area contributed by atoms with Crippen LogP contribution in [0.2, 0.25) is 0 Å². The molecule has 1 aliphatic rings. The van der Waals surface area contributed by atoms with Crippen LogP contribution >= 0.6 is 0 Å². The van der Waals surface area contributed by atoms with Crippen molar-refractivity contribution in [3.05, 3.63) is 0 Å². The van der Waals surface area contributed by atoms with Crippen LogP contribution in [0.5, 0.6) is 0 Å². The Hall–Kier alpha value is -0.530. The van der Waals surface area contributed by atoms with Gasteiger partial charge in [0.2, 0.25) is 0 Å². The fourth-order valence-corrected chi connectivity index (χ4v) is 1.38. The van der Waals surface area contributed by atoms with Gasteiger partial charge in [0.15, 0.2) is 0 Å². The van der Waals surface area contributed by atoms with E-state index in [9.17, 15) is 4.79 Å². The van der Waals surface area contributed by atoms with E-state index in [4.69, 9.17) is 4.74 Å². The zero-order valence-electron chi connectivity index (χ0n) is 10.0. The molecule has 0 radical (unpaired) electrons. The molecule has 0 saturated heterocycles. The van der Waals surface area contributed by atoms with Crippen LogP contribution in [0, 0.1) is 11.3 Å². The first-order chi connectivity index (χ1) is 6.29. The smallest absolute Gasteiger partial charge is 0.312 e. The zero-order valence-corrected chi connectivity index (χ0v) is 10.0. The van der Waals surface area contributed by atoms with Crippen molar-refractivity contribution < 1.29 is 9.53 Å². The predicted octanol–water partition coefficient (Wildman–Crippen LogP) is 3.15. The first kappa shape index (κ1) is 11.5. The fourth-order valence-electron chi connectivity index (χ4n) is 1.38. The molecular weight excluding hydrogens is 176 g/mol. The van der Waals surface area contributed by atoms with Crippen molar-refractivity contribution in [1.82, 2.24) is 0 Å². The summed E-state index contributed by atoms with van der Waals surface area (Å²) in [6, 6.07) is 0. The predicted molar refractivity (Wildman–Crippen MR) is 57.0 cm³/mol. The lowest BCUT2D eigenvalue weighted by molar-refractivity contribution is -0.169. The molecule has 0 unspecified atom stereocenters. The summed E-state index contributed by atoms with van der Waals surface area (Å²) in [4.78, 5) is 11.8. The summed E-state index contributed by atoms with van der Waals surface area (Å²) < 4.78 is 5.58. The molecule has 0 amide bonds. The Morgan fingerprint density at radius 1 is 1.29 bits per heavy atom. The van der Waals surface area contributed by atoms with Gasteiger partial charge in [-0.15, -0.1) is 0 Å². The van der Waals surface area contributed by atoms with Gasteiger partial charge in [0, 0.05) is 0 Å². The summed E-state index contributed by atoms with van der Waals surface area (Å²) in [6.07, 6.45) is 3.23. The molecule has 1 saturated carbocycles. The first-order valence-corrected chi connectivity index (χ1v) is 5.53. The van der Waals surface area contributed by atoms with E-state index in [0.717, 1.165) is 6.42 Å². The van der Waals surface area contributed by atoms with Crippen molar-refractivity contribution in [3.8, 4) is 0 Å². The maximum absolute atomic E-state index is 11.8. The molecule has 0 N–H and O–H groups in total. The number of rotatable bonds is 4. The van der Waals surface area contributed by atoms with E-state index >= 15 is 0 Å². The lowest BCUT2D eigenvalue weighted by Gasteiger charge is -2.30. The van der Waals surface area contributed by atoms with Gasteiger partial charge in [-0.25, -0.2) is 0 Å². The van der Waals surface area contributed by atoms with Gasteiger partial charge in [-0.2, -0.15) is 0 Å². The molecule has 2 nitrogen and oxygen atoms in total. The molecule has 82 valence electrons. The maximum Gasteiger partial charge on any atom is 0.312 e. The Labute approximate surface area is 87.0 Å². The van der Waals surface area contributed by atoms with Crippen molar-refractivity contribution in [1.29, 1.82) is 0 Å². The average Bonchev–Trinajstić information content (AvgIpc) is 2.85. The number of hydrogen-bond acceptors (Lipinski definition) is 2. The van der Waals surface area contributed by atoms with E-state index in [2.05, 4.69) is 0 Å². The van der Waals surface area contributed by atoms with E-state index in [1.807, 2.05) is 34.6 Å². The Morgan fingerprint density at radius 3 is 2.14 bits per heavy atom. The van der Waals surface area contributed by atoms with E-state index in [0.29, 0.717) is 5.92 Å². The third-order valence-electron chi connectivity index (χ3n) is 3.35. The normalized spacial score (nSPS) is 18.1. The largest absolute Gasteiger partial charge is 0.459 e. The summed E-state index contributed by atoms with van der Waals surface area (Å²) in [5, 5.41) is 0. The summed E-state index contributed by atoms with van der Waals surface area (Å²) in [7, 11) is 0. The number of carbonyl (C=O) groups excluding carboxylic acids is 1. The molecule has 0 aromatic rings. The van der Waals surface area contributed by atoms with Gasteiger partial charge in [-0.3, -0.25) is 4.79 Å². The SMILES string of the molecule is CCC(C)(C)C(=O)OC(C)(C)C1CC1. The molecular formula is C12H22O2. The number of esters is 1. The van der Waals surface area contributed by atoms with Crippen LogP contribution in [-0.4, -0.2) is 11.6 Å². The third-order valence-corrected chi connectivity index (χ3v) is 3.35. The molecule has 1 fully saturated rings. The van der Waals surface area contributed by atoms with Gasteiger partial charge in [0.25, 0.3) is 0 Å². The fraction of sp³-hybridized carbons (Fsp3) is 0.917. The van der Waals surface area contributed by atoms with E-state index in [1.54, 1.807) is 0 Å². The standard InChI is InChI=1S/C12H22O2/c1-6-11(2,3)10(13)14-12(4,5)9-7-8-9/h9H,6-8H2,1-5H3. The van der Waals surface area contributed by atoms with Crippen molar-refractivity contribution in [2.24, 2.45) is 11.3 Å². The highest BCUT2D eigenvalue weighted by molar-refractivity contribution is 5.76. The van der Waals surface area contributed by atoms with Crippen LogP contribution in [-0.2, 0) is 9.53 Å². The van der Waals surface area contributed by atoms with E-state index in [-0.39, 0.29) is 17.0 Å². The first-order valence-electron chi connectivity index (χ1n) is 5.53. The minimum absolute atomic E-state index is 0.0584. The van der Waals surface area contributed by atoms with Crippen LogP contribution in [0.4, 0.5) is 0 Å². The van der Waals surface area contributed by atoms with E-state index < -0.39 is 0 Å². The molecule has 2 heteroatoms. The van der Waals surface area contributed by atoms with Crippen molar-refractivity contribution in [2.75, 3.05) is 0 Å². The van der Waals surface area contributed by atoms with Crippen LogP contribution in [0.25, 0.3) is 0 Å². The molecule has 0 aliphatic heterocycles. The highest BCUT2D eigenvalue weighted by atomic mass is 16.6. The third kappa shape index (κ3) is 2.49. The lowest BCUT2D eigenvalue weighted by Crippen LogP contribution is -2.36. The second-order valence-electron chi connectivity index (χ2n) is 5.50. The second kappa shape index (κ2) is 3.56. The Balaban J connectivity index is 2.55. The minimum Gasteiger partial charge on any atom is -0.459 e. The zero-order chi connectivity index (χ0) is 11.0. The average molecular weight is 198 g/mol. The molecule has 1 aliphatic carbocycles. The highest BCUT2D eigenvalue weighted by Gasteiger charge is 2.43. The van der Waals surface area contributed by atoms with Gasteiger partial charge < -0.3 is 4.74 Å². The number of carbonyl (C=O) groups is 1. The highest BCUT2D eigenvalue weighted by Crippen LogP contribution is 2.42. The summed E-state index contributed by atoms with van der Waals surface area (Å²) in [5.74, 6) is 0.524. The Kier molecular flexibility index (Phi) is 2.93. The maximum atomic E-state index is 11.8. The summed E-state index contributed by atoms with van der Waals surface area (Å²) in [6.45, 7) is 9.95. The molecule has 0 aromatic carbocycles. The Bertz CT molecular complexity index is 224. The van der Waals surface area contributed by atoms with Gasteiger partial charge in [0.05, 0.1) is 5.41 Å². The number of ether oxygens (including phenoxy) is 1. The van der Waals surface area contributed by atoms with Crippen LogP contribution in [0.1, 0.15) is 53.9 Å². The minimum atomic E-state index is -0.341. The molecule has 0 bridgehead atoms. The molecule has 1 rings (SSSR count). The van der Waals surface area contributed by atoms with Gasteiger partial charge in [0.1, 0.15) is 5.60 Å². The van der Waals surface area contributed by atoms with E-state index in [1.165, 1.54) is 12.8 Å². The summed E-state index contributed by atoms with van der Waals surface area (Å²) >= 11 is 0. The molecule has 0 heterocycles. The quantitative estimate of drug-likeness (QED) is 0.649. The monoisotopic (exact) mass is 198 g/mol. The molecule has 14 heavy (non-hydrogen) atoms. The van der Waals surface area contributed by atoms with Crippen molar-refractivity contribution >= 4 is 5.97 Å². The lowest BCUT2D eigenvalue weighted by atomic mass is 9.90. The van der Waals surface area contributed by atoms with Crippen LogP contribution in [0.3, 0.4) is 0 Å². The summed E-state index contributed by atoms with van der Waals surface area (Å²) in [5.41, 5.74) is -0.602. The number of hydrogen-bond donors (Lipinski definition) is 0. The van der Waals surface area contributed by atoms with Gasteiger partial charge in [-0.05, 0) is 52.9 Å². The van der Waals surface area contributed by atoms with Gasteiger partial charge >= 0.3 is 5.97 Å². The second-order valence-corrected chi connectivity index (χ2v) is 5.50. The Morgan fingerprint density at radius 2 is 1.79 bits per heavy atom. The van der Waals surface area contributed by atoms with Gasteiger partial charge in [-0.1, -0.05) is 6.92 Å². The van der Waals surface area contributed by atoms with Crippen LogP contribution < -0.4 is 0 Å². The molecule has 0 atom stereocenters. The molecule has 0 aromatic heterocycles. The molecule has 0 spiro atoms. The topological polar surface area (TPSA) is 26.3 Å². The van der Waals surface area contributed by atoms with Crippen LogP contribution in [0.15, 0.2) is 0 Å². The van der Waals surface area contributed by atoms with Crippen molar-refractivity contribution in [3.63, 3.8) is 0 Å².